The van der Waals surface area contributed by atoms with Gasteiger partial charge in [0, 0.05) is 10.6 Å². The van der Waals surface area contributed by atoms with Gasteiger partial charge in [-0.05, 0) is 29.8 Å². The van der Waals surface area contributed by atoms with Gasteiger partial charge in [0.05, 0.1) is 6.04 Å². The number of rotatable bonds is 2. The van der Waals surface area contributed by atoms with Gasteiger partial charge in [0.1, 0.15) is 11.6 Å². The average molecular weight is 290 g/mol. The molecule has 2 N–H and O–H groups in total. The summed E-state index contributed by atoms with van der Waals surface area (Å²) < 4.78 is 26.6. The van der Waals surface area contributed by atoms with Crippen molar-refractivity contribution >= 4 is 24.0 Å². The van der Waals surface area contributed by atoms with Gasteiger partial charge in [-0.15, -0.1) is 12.4 Å². The maximum Gasteiger partial charge on any atom is 0.128 e. The molecule has 1 nitrogen and oxygen atoms in total. The molecule has 0 amide bonds. The van der Waals surface area contributed by atoms with E-state index in [9.17, 15) is 8.78 Å². The number of halogens is 4. The third-order valence-corrected chi connectivity index (χ3v) is 2.88. The topological polar surface area (TPSA) is 26.0 Å². The third-order valence-electron chi connectivity index (χ3n) is 2.53. The van der Waals surface area contributed by atoms with E-state index < -0.39 is 17.7 Å². The summed E-state index contributed by atoms with van der Waals surface area (Å²) >= 11 is 5.96. The van der Waals surface area contributed by atoms with Crippen molar-refractivity contribution in [2.45, 2.75) is 6.04 Å². The highest BCUT2D eigenvalue weighted by Crippen LogP contribution is 2.28. The molecular weight excluding hydrogens is 279 g/mol. The first-order valence-corrected chi connectivity index (χ1v) is 5.42. The van der Waals surface area contributed by atoms with E-state index in [0.717, 1.165) is 18.2 Å². The van der Waals surface area contributed by atoms with Crippen LogP contribution in [0.25, 0.3) is 0 Å². The minimum absolute atomic E-state index is 0. The normalized spacial score (nSPS) is 11.8. The van der Waals surface area contributed by atoms with Crippen LogP contribution in [-0.4, -0.2) is 0 Å². The lowest BCUT2D eigenvalue weighted by Crippen LogP contribution is -2.14. The highest BCUT2D eigenvalue weighted by Gasteiger charge is 2.16. The predicted octanol–water partition coefficient (Wildman–Crippen LogP) is 4.09. The maximum atomic E-state index is 13.5. The molecule has 0 aliphatic heterocycles. The van der Waals surface area contributed by atoms with E-state index in [2.05, 4.69) is 0 Å². The Kier molecular flexibility index (Phi) is 5.08. The van der Waals surface area contributed by atoms with Crippen LogP contribution in [-0.2, 0) is 0 Å². The van der Waals surface area contributed by atoms with Crippen LogP contribution in [0.15, 0.2) is 42.5 Å². The first-order chi connectivity index (χ1) is 8.09. The molecule has 1 atom stereocenters. The first-order valence-electron chi connectivity index (χ1n) is 5.04. The van der Waals surface area contributed by atoms with Gasteiger partial charge in [-0.2, -0.15) is 0 Å². The van der Waals surface area contributed by atoms with Gasteiger partial charge >= 0.3 is 0 Å². The molecule has 2 aromatic carbocycles. The van der Waals surface area contributed by atoms with Gasteiger partial charge in [-0.1, -0.05) is 29.8 Å². The highest BCUT2D eigenvalue weighted by atomic mass is 35.5. The summed E-state index contributed by atoms with van der Waals surface area (Å²) in [7, 11) is 0. The van der Waals surface area contributed by atoms with Crippen molar-refractivity contribution < 1.29 is 8.78 Å². The second-order valence-electron chi connectivity index (χ2n) is 3.67. The van der Waals surface area contributed by atoms with Crippen LogP contribution in [0.4, 0.5) is 8.78 Å². The van der Waals surface area contributed by atoms with Crippen LogP contribution >= 0.6 is 24.0 Å². The largest absolute Gasteiger partial charge is 0.320 e. The number of benzene rings is 2. The minimum atomic E-state index is -0.778. The lowest BCUT2D eigenvalue weighted by molar-refractivity contribution is 0.576. The van der Waals surface area contributed by atoms with Crippen molar-refractivity contribution in [2.24, 2.45) is 5.73 Å². The molecule has 18 heavy (non-hydrogen) atoms. The van der Waals surface area contributed by atoms with Gasteiger partial charge in [-0.3, -0.25) is 0 Å². The van der Waals surface area contributed by atoms with E-state index in [1.165, 1.54) is 0 Å². The van der Waals surface area contributed by atoms with Crippen molar-refractivity contribution in [1.82, 2.24) is 0 Å². The second-order valence-corrected chi connectivity index (χ2v) is 4.07. The molecule has 0 aliphatic carbocycles. The van der Waals surface area contributed by atoms with Crippen LogP contribution in [0.2, 0.25) is 5.02 Å². The summed E-state index contributed by atoms with van der Waals surface area (Å²) in [5.74, 6) is -1.07. The zero-order valence-corrected chi connectivity index (χ0v) is 10.8. The Morgan fingerprint density at radius 3 is 2.33 bits per heavy atom. The molecule has 2 aromatic rings. The summed E-state index contributed by atoms with van der Waals surface area (Å²) in [5.41, 5.74) is 6.56. The van der Waals surface area contributed by atoms with Crippen LogP contribution in [0.3, 0.4) is 0 Å². The van der Waals surface area contributed by atoms with E-state index in [0.29, 0.717) is 10.6 Å². The Labute approximate surface area is 115 Å². The summed E-state index contributed by atoms with van der Waals surface area (Å²) in [6.45, 7) is 0. The quantitative estimate of drug-likeness (QED) is 0.885. The highest BCUT2D eigenvalue weighted by molar-refractivity contribution is 6.31. The Hall–Kier alpha value is -1.16. The fraction of sp³-hybridized carbons (Fsp3) is 0.0769. The molecule has 0 radical (unpaired) electrons. The van der Waals surface area contributed by atoms with E-state index >= 15 is 0 Å². The Bertz CT molecular complexity index is 546. The summed E-state index contributed by atoms with van der Waals surface area (Å²) in [6, 6.07) is 9.27. The van der Waals surface area contributed by atoms with E-state index in [4.69, 9.17) is 17.3 Å². The standard InChI is InChI=1S/C13H10ClF2N.ClH/c14-11-4-2-1-3-9(11)13(17)10-7-8(15)5-6-12(10)16;/h1-7,13H,17H2;1H. The van der Waals surface area contributed by atoms with Gasteiger partial charge in [0.15, 0.2) is 0 Å². The van der Waals surface area contributed by atoms with Crippen molar-refractivity contribution in [1.29, 1.82) is 0 Å². The molecule has 0 spiro atoms. The zero-order chi connectivity index (χ0) is 12.4. The van der Waals surface area contributed by atoms with Crippen molar-refractivity contribution in [3.05, 3.63) is 70.2 Å². The second kappa shape index (κ2) is 6.14. The van der Waals surface area contributed by atoms with Crippen molar-refractivity contribution in [3.8, 4) is 0 Å². The van der Waals surface area contributed by atoms with Gasteiger partial charge in [0.25, 0.3) is 0 Å². The Morgan fingerprint density at radius 2 is 1.67 bits per heavy atom. The van der Waals surface area contributed by atoms with E-state index in [1.54, 1.807) is 24.3 Å². The van der Waals surface area contributed by atoms with Gasteiger partial charge in [0.2, 0.25) is 0 Å². The minimum Gasteiger partial charge on any atom is -0.320 e. The fourth-order valence-corrected chi connectivity index (χ4v) is 1.90. The van der Waals surface area contributed by atoms with Crippen LogP contribution in [0, 0.1) is 11.6 Å². The smallest absolute Gasteiger partial charge is 0.128 e. The maximum absolute atomic E-state index is 13.5. The molecule has 5 heteroatoms. The SMILES string of the molecule is Cl.NC(c1cc(F)ccc1F)c1ccccc1Cl. The molecule has 0 aromatic heterocycles. The molecule has 96 valence electrons. The lowest BCUT2D eigenvalue weighted by Gasteiger charge is -2.14. The average Bonchev–Trinajstić information content (AvgIpc) is 2.32. The molecule has 1 unspecified atom stereocenters. The molecule has 0 saturated carbocycles. The Morgan fingerprint density at radius 1 is 1.00 bits per heavy atom. The molecule has 0 aliphatic rings. The number of hydrogen-bond acceptors (Lipinski definition) is 1. The fourth-order valence-electron chi connectivity index (χ4n) is 1.65. The molecule has 0 saturated heterocycles. The van der Waals surface area contributed by atoms with E-state index in [1.807, 2.05) is 0 Å². The molecule has 0 heterocycles. The number of nitrogens with two attached hydrogens (primary N) is 1. The summed E-state index contributed by atoms with van der Waals surface area (Å²) in [6.07, 6.45) is 0. The van der Waals surface area contributed by atoms with Gasteiger partial charge < -0.3 is 5.73 Å². The monoisotopic (exact) mass is 289 g/mol. The molecule has 2 rings (SSSR count). The molecule has 0 bridgehead atoms. The van der Waals surface area contributed by atoms with Crippen LogP contribution in [0.1, 0.15) is 17.2 Å². The molecular formula is C13H11Cl2F2N. The number of hydrogen-bond donors (Lipinski definition) is 1. The zero-order valence-electron chi connectivity index (χ0n) is 9.24. The predicted molar refractivity (Wildman–Crippen MR) is 71.1 cm³/mol. The van der Waals surface area contributed by atoms with Crippen molar-refractivity contribution in [3.63, 3.8) is 0 Å². The Balaban J connectivity index is 0.00000162. The van der Waals surface area contributed by atoms with Gasteiger partial charge in [-0.25, -0.2) is 8.78 Å². The molecule has 0 fully saturated rings. The van der Waals surface area contributed by atoms with Crippen molar-refractivity contribution in [2.75, 3.05) is 0 Å². The van der Waals surface area contributed by atoms with Crippen LogP contribution < -0.4 is 5.73 Å². The van der Waals surface area contributed by atoms with E-state index in [-0.39, 0.29) is 18.0 Å². The summed E-state index contributed by atoms with van der Waals surface area (Å²) in [5, 5.41) is 0.434. The summed E-state index contributed by atoms with van der Waals surface area (Å²) in [4.78, 5) is 0. The van der Waals surface area contributed by atoms with Crippen LogP contribution in [0.5, 0.6) is 0 Å². The third kappa shape index (κ3) is 2.99. The first kappa shape index (κ1) is 14.9. The lowest BCUT2D eigenvalue weighted by atomic mass is 9.99.